The van der Waals surface area contributed by atoms with Gasteiger partial charge < -0.3 is 21.1 Å². The molecule has 1 heterocycles. The number of anilines is 1. The molecular weight excluding hydrogens is 375 g/mol. The number of hydrogen-bond acceptors (Lipinski definition) is 5. The van der Waals surface area contributed by atoms with Crippen LogP contribution in [0.1, 0.15) is 12.5 Å². The maximum atomic E-state index is 14.8. The number of halogens is 1. The summed E-state index contributed by atoms with van der Waals surface area (Å²) in [6.07, 6.45) is -0.721. The monoisotopic (exact) mass is 400 g/mol. The predicted octanol–water partition coefficient (Wildman–Crippen LogP) is 2.00. The lowest BCUT2D eigenvalue weighted by Gasteiger charge is -2.15. The Kier molecular flexibility index (Phi) is 6.79. The molecular formula is C21H25FN4O3. The number of nitrogens with one attached hydrogen (secondary N) is 2. The number of likely N-dealkylation sites (N-methyl/N-ethyl adjacent to an activating group) is 1. The first-order valence-corrected chi connectivity index (χ1v) is 9.56. The molecule has 1 saturated heterocycles. The van der Waals surface area contributed by atoms with E-state index < -0.39 is 11.9 Å². The SMILES string of the molecule is CCNCC1CN(c2ccc(-c3ccc(CNC(=O)CN)cc3)c(F)c2)C(=O)O1. The number of cyclic esters (lactones) is 1. The quantitative estimate of drug-likeness (QED) is 0.630. The Morgan fingerprint density at radius 1 is 1.28 bits per heavy atom. The Bertz CT molecular complexity index is 873. The van der Waals surface area contributed by atoms with Gasteiger partial charge in [0.2, 0.25) is 5.91 Å². The molecule has 0 aromatic heterocycles. The summed E-state index contributed by atoms with van der Waals surface area (Å²) in [5, 5.41) is 5.83. The van der Waals surface area contributed by atoms with Crippen molar-refractivity contribution < 1.29 is 18.7 Å². The van der Waals surface area contributed by atoms with Crippen LogP contribution in [0.25, 0.3) is 11.1 Å². The maximum absolute atomic E-state index is 14.8. The van der Waals surface area contributed by atoms with Crippen LogP contribution in [-0.4, -0.2) is 44.3 Å². The van der Waals surface area contributed by atoms with Gasteiger partial charge in [-0.15, -0.1) is 0 Å². The van der Waals surface area contributed by atoms with Crippen LogP contribution < -0.4 is 21.3 Å². The molecule has 3 rings (SSSR count). The second kappa shape index (κ2) is 9.49. The topological polar surface area (TPSA) is 96.7 Å². The van der Waals surface area contributed by atoms with E-state index in [-0.39, 0.29) is 18.6 Å². The van der Waals surface area contributed by atoms with E-state index in [9.17, 15) is 14.0 Å². The van der Waals surface area contributed by atoms with E-state index in [4.69, 9.17) is 10.5 Å². The summed E-state index contributed by atoms with van der Waals surface area (Å²) >= 11 is 0. The van der Waals surface area contributed by atoms with Crippen LogP contribution in [0, 0.1) is 5.82 Å². The minimum absolute atomic E-state index is 0.0595. The second-order valence-corrected chi connectivity index (χ2v) is 6.77. The van der Waals surface area contributed by atoms with Crippen LogP contribution in [0.3, 0.4) is 0 Å². The molecule has 29 heavy (non-hydrogen) atoms. The van der Waals surface area contributed by atoms with Gasteiger partial charge in [-0.3, -0.25) is 9.69 Å². The fraction of sp³-hybridized carbons (Fsp3) is 0.333. The lowest BCUT2D eigenvalue weighted by Crippen LogP contribution is -2.30. The molecule has 0 radical (unpaired) electrons. The predicted molar refractivity (Wildman–Crippen MR) is 109 cm³/mol. The first-order chi connectivity index (χ1) is 14.0. The van der Waals surface area contributed by atoms with Gasteiger partial charge in [-0.1, -0.05) is 31.2 Å². The van der Waals surface area contributed by atoms with Crippen molar-refractivity contribution in [3.63, 3.8) is 0 Å². The van der Waals surface area contributed by atoms with Crippen molar-refractivity contribution in [1.29, 1.82) is 0 Å². The molecule has 1 fully saturated rings. The Balaban J connectivity index is 1.69. The molecule has 1 unspecified atom stereocenters. The molecule has 8 heteroatoms. The van der Waals surface area contributed by atoms with Gasteiger partial charge in [0.1, 0.15) is 11.9 Å². The number of nitrogens with two attached hydrogens (primary N) is 1. The number of amides is 2. The van der Waals surface area contributed by atoms with E-state index in [2.05, 4.69) is 10.6 Å². The highest BCUT2D eigenvalue weighted by atomic mass is 19.1. The van der Waals surface area contributed by atoms with Crippen LogP contribution >= 0.6 is 0 Å². The molecule has 2 aromatic rings. The van der Waals surface area contributed by atoms with Crippen molar-refractivity contribution in [3.05, 3.63) is 53.8 Å². The summed E-state index contributed by atoms with van der Waals surface area (Å²) < 4.78 is 20.1. The zero-order chi connectivity index (χ0) is 20.8. The highest BCUT2D eigenvalue weighted by Crippen LogP contribution is 2.29. The number of ether oxygens (including phenoxy) is 1. The first-order valence-electron chi connectivity index (χ1n) is 9.56. The highest BCUT2D eigenvalue weighted by Gasteiger charge is 2.32. The average Bonchev–Trinajstić information content (AvgIpc) is 3.11. The van der Waals surface area contributed by atoms with E-state index in [0.717, 1.165) is 12.1 Å². The second-order valence-electron chi connectivity index (χ2n) is 6.77. The first kappa shape index (κ1) is 20.8. The molecule has 0 spiro atoms. The Morgan fingerprint density at radius 3 is 2.69 bits per heavy atom. The Morgan fingerprint density at radius 2 is 2.03 bits per heavy atom. The third-order valence-corrected chi connectivity index (χ3v) is 4.70. The third kappa shape index (κ3) is 5.10. The molecule has 0 aliphatic carbocycles. The lowest BCUT2D eigenvalue weighted by atomic mass is 10.0. The van der Waals surface area contributed by atoms with E-state index in [0.29, 0.717) is 36.4 Å². The molecule has 2 aromatic carbocycles. The molecule has 1 aliphatic rings. The molecule has 4 N–H and O–H groups in total. The number of carbonyl (C=O) groups is 2. The van der Waals surface area contributed by atoms with E-state index in [1.165, 1.54) is 11.0 Å². The van der Waals surface area contributed by atoms with Crippen LogP contribution in [0.15, 0.2) is 42.5 Å². The van der Waals surface area contributed by atoms with Crippen molar-refractivity contribution in [2.24, 2.45) is 5.73 Å². The standard InChI is InChI=1S/C21H25FN4O3/c1-2-24-12-17-13-26(21(28)29-17)16-7-8-18(19(22)9-16)15-5-3-14(4-6-15)11-25-20(27)10-23/h3-9,17,24H,2,10-13,23H2,1H3,(H,25,27). The number of nitrogens with zero attached hydrogens (tertiary/aromatic N) is 1. The maximum Gasteiger partial charge on any atom is 0.414 e. The van der Waals surface area contributed by atoms with Crippen LogP contribution in [0.4, 0.5) is 14.9 Å². The minimum atomic E-state index is -0.469. The van der Waals surface area contributed by atoms with Crippen molar-refractivity contribution in [2.75, 3.05) is 31.1 Å². The normalized spacial score (nSPS) is 16.0. The molecule has 7 nitrogen and oxygen atoms in total. The van der Waals surface area contributed by atoms with Gasteiger partial charge in [0.25, 0.3) is 0 Å². The van der Waals surface area contributed by atoms with Crippen molar-refractivity contribution in [3.8, 4) is 11.1 Å². The fourth-order valence-corrected chi connectivity index (χ4v) is 3.12. The molecule has 154 valence electrons. The average molecular weight is 400 g/mol. The van der Waals surface area contributed by atoms with Crippen LogP contribution in [-0.2, 0) is 16.1 Å². The van der Waals surface area contributed by atoms with Gasteiger partial charge in [0.15, 0.2) is 0 Å². The van der Waals surface area contributed by atoms with Gasteiger partial charge >= 0.3 is 6.09 Å². The summed E-state index contributed by atoms with van der Waals surface area (Å²) in [5.41, 5.74) is 7.75. The van der Waals surface area contributed by atoms with Crippen LogP contribution in [0.5, 0.6) is 0 Å². The number of hydrogen-bond donors (Lipinski definition) is 3. The van der Waals surface area contributed by atoms with Crippen molar-refractivity contribution >= 4 is 17.7 Å². The van der Waals surface area contributed by atoms with Crippen molar-refractivity contribution in [2.45, 2.75) is 19.6 Å². The third-order valence-electron chi connectivity index (χ3n) is 4.70. The van der Waals surface area contributed by atoms with Crippen molar-refractivity contribution in [1.82, 2.24) is 10.6 Å². The van der Waals surface area contributed by atoms with E-state index in [1.807, 2.05) is 19.1 Å². The van der Waals surface area contributed by atoms with E-state index in [1.54, 1.807) is 24.3 Å². The van der Waals surface area contributed by atoms with Gasteiger partial charge in [-0.2, -0.15) is 0 Å². The van der Waals surface area contributed by atoms with Gasteiger partial charge in [-0.05, 0) is 35.9 Å². The summed E-state index contributed by atoms with van der Waals surface area (Å²) in [7, 11) is 0. The van der Waals surface area contributed by atoms with E-state index >= 15 is 0 Å². The zero-order valence-corrected chi connectivity index (χ0v) is 16.3. The molecule has 1 aliphatic heterocycles. The highest BCUT2D eigenvalue weighted by molar-refractivity contribution is 5.90. The Hall–Kier alpha value is -2.97. The summed E-state index contributed by atoms with van der Waals surface area (Å²) in [5.74, 6) is -0.654. The number of carbonyl (C=O) groups excluding carboxylic acids is 2. The number of benzene rings is 2. The molecule has 0 bridgehead atoms. The van der Waals surface area contributed by atoms with Gasteiger partial charge in [0, 0.05) is 18.7 Å². The largest absolute Gasteiger partial charge is 0.443 e. The fourth-order valence-electron chi connectivity index (χ4n) is 3.12. The molecule has 0 saturated carbocycles. The molecule has 1 atom stereocenters. The smallest absolute Gasteiger partial charge is 0.414 e. The number of rotatable bonds is 8. The summed E-state index contributed by atoms with van der Waals surface area (Å²) in [6.45, 7) is 4.02. The minimum Gasteiger partial charge on any atom is -0.443 e. The lowest BCUT2D eigenvalue weighted by molar-refractivity contribution is -0.119. The van der Waals surface area contributed by atoms with Gasteiger partial charge in [0.05, 0.1) is 18.8 Å². The van der Waals surface area contributed by atoms with Crippen LogP contribution in [0.2, 0.25) is 0 Å². The Labute approximate surface area is 169 Å². The zero-order valence-electron chi connectivity index (χ0n) is 16.3. The summed E-state index contributed by atoms with van der Waals surface area (Å²) in [6, 6.07) is 11.9. The molecule has 2 amide bonds. The summed E-state index contributed by atoms with van der Waals surface area (Å²) in [4.78, 5) is 24.8. The van der Waals surface area contributed by atoms with Gasteiger partial charge in [-0.25, -0.2) is 9.18 Å².